The molecule has 1 N–H and O–H groups in total. The van der Waals surface area contributed by atoms with E-state index in [0.29, 0.717) is 23.6 Å². The van der Waals surface area contributed by atoms with Gasteiger partial charge in [0.1, 0.15) is 11.5 Å². The van der Waals surface area contributed by atoms with Gasteiger partial charge in [0.25, 0.3) is 5.91 Å². The minimum Gasteiger partial charge on any atom is -0.494 e. The Kier molecular flexibility index (Phi) is 7.91. The number of hydrogen-bond donors (Lipinski definition) is 1. The topological polar surface area (TPSA) is 47.6 Å². The maximum Gasteiger partial charge on any atom is 0.259 e. The third kappa shape index (κ3) is 6.63. The van der Waals surface area contributed by atoms with Crippen molar-refractivity contribution in [2.24, 2.45) is 0 Å². The highest BCUT2D eigenvalue weighted by Gasteiger charge is 2.15. The van der Waals surface area contributed by atoms with Crippen LogP contribution in [0.4, 0.5) is 5.69 Å². The van der Waals surface area contributed by atoms with E-state index >= 15 is 0 Å². The van der Waals surface area contributed by atoms with Gasteiger partial charge in [-0.1, -0.05) is 46.3 Å². The zero-order valence-corrected chi connectivity index (χ0v) is 18.8. The summed E-state index contributed by atoms with van der Waals surface area (Å²) >= 11 is 3.42. The zero-order valence-electron chi connectivity index (χ0n) is 17.2. The first-order valence-electron chi connectivity index (χ1n) is 10.1. The van der Waals surface area contributed by atoms with Crippen molar-refractivity contribution in [2.75, 3.05) is 11.9 Å². The van der Waals surface area contributed by atoms with E-state index in [-0.39, 0.29) is 12.0 Å². The largest absolute Gasteiger partial charge is 0.494 e. The van der Waals surface area contributed by atoms with Crippen molar-refractivity contribution in [1.29, 1.82) is 0 Å². The lowest BCUT2D eigenvalue weighted by Crippen LogP contribution is -2.15. The summed E-state index contributed by atoms with van der Waals surface area (Å²) in [5.41, 5.74) is 2.50. The third-order valence-corrected chi connectivity index (χ3v) is 4.88. The highest BCUT2D eigenvalue weighted by molar-refractivity contribution is 9.10. The number of rotatable bonds is 9. The minimum atomic E-state index is -0.219. The fourth-order valence-corrected chi connectivity index (χ4v) is 3.34. The first-order chi connectivity index (χ1) is 14.5. The summed E-state index contributed by atoms with van der Waals surface area (Å²) in [5.74, 6) is 1.12. The molecule has 3 rings (SSSR count). The average Bonchev–Trinajstić information content (AvgIpc) is 2.74. The summed E-state index contributed by atoms with van der Waals surface area (Å²) in [6.07, 6.45) is 1.92. The molecule has 0 heterocycles. The van der Waals surface area contributed by atoms with Crippen molar-refractivity contribution in [2.45, 2.75) is 32.8 Å². The van der Waals surface area contributed by atoms with Crippen molar-refractivity contribution in [3.8, 4) is 11.5 Å². The summed E-state index contributed by atoms with van der Waals surface area (Å²) in [4.78, 5) is 12.8. The quantitative estimate of drug-likeness (QED) is 0.365. The second kappa shape index (κ2) is 10.8. The van der Waals surface area contributed by atoms with E-state index in [0.717, 1.165) is 23.1 Å². The molecule has 0 aliphatic rings. The Morgan fingerprint density at radius 3 is 2.43 bits per heavy atom. The van der Waals surface area contributed by atoms with Crippen LogP contribution in [0.1, 0.15) is 36.2 Å². The average molecular weight is 468 g/mol. The Labute approximate surface area is 186 Å². The van der Waals surface area contributed by atoms with E-state index in [4.69, 9.17) is 9.47 Å². The number of ether oxygens (including phenoxy) is 2. The molecule has 0 unspecified atom stereocenters. The van der Waals surface area contributed by atoms with Crippen LogP contribution in [0.3, 0.4) is 0 Å². The van der Waals surface area contributed by atoms with E-state index in [1.165, 1.54) is 5.56 Å². The van der Waals surface area contributed by atoms with E-state index in [2.05, 4.69) is 45.5 Å². The summed E-state index contributed by atoms with van der Waals surface area (Å²) in [7, 11) is 0. The fourth-order valence-electron chi connectivity index (χ4n) is 2.98. The lowest BCUT2D eigenvalue weighted by molar-refractivity contribution is 0.102. The van der Waals surface area contributed by atoms with Gasteiger partial charge in [-0.25, -0.2) is 0 Å². The first-order valence-corrected chi connectivity index (χ1v) is 10.8. The van der Waals surface area contributed by atoms with Crippen LogP contribution >= 0.6 is 15.9 Å². The van der Waals surface area contributed by atoms with Crippen molar-refractivity contribution in [3.05, 3.63) is 88.4 Å². The third-order valence-electron chi connectivity index (χ3n) is 4.38. The van der Waals surface area contributed by atoms with E-state index in [9.17, 15) is 4.79 Å². The monoisotopic (exact) mass is 467 g/mol. The standard InChI is InChI=1S/C25H26BrNO3/c1-18(2)30-24-15-10-20(26)17-23(24)25(28)27-21-11-13-22(14-12-21)29-16-6-9-19-7-4-3-5-8-19/h3-5,7-8,10-15,17-18H,6,9,16H2,1-2H3,(H,27,28). The second-order valence-corrected chi connectivity index (χ2v) is 8.14. The number of amides is 1. The number of nitrogens with one attached hydrogen (secondary N) is 1. The van der Waals surface area contributed by atoms with Crippen molar-refractivity contribution >= 4 is 27.5 Å². The molecule has 0 aliphatic carbocycles. The molecule has 0 aliphatic heterocycles. The van der Waals surface area contributed by atoms with Crippen molar-refractivity contribution in [1.82, 2.24) is 0 Å². The minimum absolute atomic E-state index is 0.0175. The molecule has 4 nitrogen and oxygen atoms in total. The van der Waals surface area contributed by atoms with Crippen LogP contribution in [-0.4, -0.2) is 18.6 Å². The molecule has 3 aromatic rings. The molecule has 30 heavy (non-hydrogen) atoms. The van der Waals surface area contributed by atoms with Crippen LogP contribution in [0.15, 0.2) is 77.3 Å². The van der Waals surface area contributed by atoms with Gasteiger partial charge in [0.05, 0.1) is 18.3 Å². The van der Waals surface area contributed by atoms with Crippen LogP contribution in [-0.2, 0) is 6.42 Å². The Balaban J connectivity index is 1.54. The Hall–Kier alpha value is -2.79. The highest BCUT2D eigenvalue weighted by atomic mass is 79.9. The van der Waals surface area contributed by atoms with Gasteiger partial charge in [-0.3, -0.25) is 4.79 Å². The Morgan fingerprint density at radius 1 is 1.00 bits per heavy atom. The molecule has 3 aromatic carbocycles. The first kappa shape index (κ1) is 21.9. The fraction of sp³-hybridized carbons (Fsp3) is 0.240. The van der Waals surface area contributed by atoms with Gasteiger partial charge in [0, 0.05) is 10.2 Å². The maximum absolute atomic E-state index is 12.8. The lowest BCUT2D eigenvalue weighted by atomic mass is 10.1. The van der Waals surface area contributed by atoms with E-state index in [1.54, 1.807) is 12.1 Å². The van der Waals surface area contributed by atoms with E-state index in [1.807, 2.05) is 50.2 Å². The predicted molar refractivity (Wildman–Crippen MR) is 125 cm³/mol. The SMILES string of the molecule is CC(C)Oc1ccc(Br)cc1C(=O)Nc1ccc(OCCCc2ccccc2)cc1. The number of halogens is 1. The molecule has 0 radical (unpaired) electrons. The highest BCUT2D eigenvalue weighted by Crippen LogP contribution is 2.26. The van der Waals surface area contributed by atoms with Crippen LogP contribution in [0.25, 0.3) is 0 Å². The molecule has 5 heteroatoms. The summed E-state index contributed by atoms with van der Waals surface area (Å²) < 4.78 is 12.4. The van der Waals surface area contributed by atoms with Gasteiger partial charge in [-0.05, 0) is 74.7 Å². The van der Waals surface area contributed by atoms with Crippen LogP contribution in [0, 0.1) is 0 Å². The van der Waals surface area contributed by atoms with Gasteiger partial charge in [0.15, 0.2) is 0 Å². The lowest BCUT2D eigenvalue weighted by Gasteiger charge is -2.15. The molecule has 0 aromatic heterocycles. The van der Waals surface area contributed by atoms with Gasteiger partial charge < -0.3 is 14.8 Å². The molecule has 0 fully saturated rings. The van der Waals surface area contributed by atoms with Crippen LogP contribution in [0.5, 0.6) is 11.5 Å². The molecule has 0 atom stereocenters. The number of anilines is 1. The van der Waals surface area contributed by atoms with E-state index < -0.39 is 0 Å². The Bertz CT molecular complexity index is 956. The molecular weight excluding hydrogens is 442 g/mol. The van der Waals surface area contributed by atoms with Gasteiger partial charge >= 0.3 is 0 Å². The summed E-state index contributed by atoms with van der Waals surface area (Å²) in [5, 5.41) is 2.92. The number of carbonyl (C=O) groups excluding carboxylic acids is 1. The zero-order chi connectivity index (χ0) is 21.3. The van der Waals surface area contributed by atoms with Crippen LogP contribution in [0.2, 0.25) is 0 Å². The number of carbonyl (C=O) groups is 1. The van der Waals surface area contributed by atoms with Crippen molar-refractivity contribution in [3.63, 3.8) is 0 Å². The van der Waals surface area contributed by atoms with Gasteiger partial charge in [-0.15, -0.1) is 0 Å². The molecule has 0 saturated carbocycles. The molecular formula is C25H26BrNO3. The second-order valence-electron chi connectivity index (χ2n) is 7.22. The molecule has 0 saturated heterocycles. The number of benzene rings is 3. The maximum atomic E-state index is 12.8. The summed E-state index contributed by atoms with van der Waals surface area (Å²) in [6, 6.07) is 23.2. The molecule has 0 spiro atoms. The van der Waals surface area contributed by atoms with Crippen LogP contribution < -0.4 is 14.8 Å². The Morgan fingerprint density at radius 2 is 1.73 bits per heavy atom. The summed E-state index contributed by atoms with van der Waals surface area (Å²) in [6.45, 7) is 4.51. The molecule has 1 amide bonds. The van der Waals surface area contributed by atoms with Crippen molar-refractivity contribution < 1.29 is 14.3 Å². The molecule has 0 bridgehead atoms. The number of aryl methyl sites for hydroxylation is 1. The van der Waals surface area contributed by atoms with Gasteiger partial charge in [0.2, 0.25) is 0 Å². The molecule has 156 valence electrons. The van der Waals surface area contributed by atoms with Gasteiger partial charge in [-0.2, -0.15) is 0 Å². The smallest absolute Gasteiger partial charge is 0.259 e. The number of hydrogen-bond acceptors (Lipinski definition) is 3. The predicted octanol–water partition coefficient (Wildman–Crippen LogP) is 6.50. The normalized spacial score (nSPS) is 10.7.